The molecule has 12 rings (SSSR count). The molecule has 3 aromatic heterocycles. The Morgan fingerprint density at radius 2 is 1.03 bits per heavy atom. The molecule has 272 valence electrons. The van der Waals surface area contributed by atoms with Gasteiger partial charge in [-0.2, -0.15) is 0 Å². The van der Waals surface area contributed by atoms with Gasteiger partial charge in [-0.05, 0) is 89.0 Å². The van der Waals surface area contributed by atoms with E-state index in [2.05, 4.69) is 216 Å². The molecular weight excluding hydrogens is 741 g/mol. The SMILES string of the molecule is c1ccc(-c2ccc3c(c2)sc2c(-c4ccccc4)ccc(N(c4ccc5sc6ccccc6c5c4)c4cccc5c4c4ccccc4n5-c4ccccc4)c23)cc1. The lowest BCUT2D eigenvalue weighted by Crippen LogP contribution is -2.11. The molecule has 12 aromatic rings. The third-order valence-electron chi connectivity index (χ3n) is 11.6. The molecule has 0 N–H and O–H groups in total. The molecule has 0 saturated carbocycles. The number of benzene rings is 9. The highest BCUT2D eigenvalue weighted by Gasteiger charge is 2.25. The maximum absolute atomic E-state index is 2.55. The largest absolute Gasteiger partial charge is 0.309 e. The van der Waals surface area contributed by atoms with Gasteiger partial charge in [0.15, 0.2) is 0 Å². The molecule has 3 heterocycles. The van der Waals surface area contributed by atoms with Crippen molar-refractivity contribution in [2.45, 2.75) is 0 Å². The van der Waals surface area contributed by atoms with Gasteiger partial charge in [0, 0.05) is 62.5 Å². The zero-order valence-electron chi connectivity index (χ0n) is 31.3. The summed E-state index contributed by atoms with van der Waals surface area (Å²) in [7, 11) is 0. The van der Waals surface area contributed by atoms with Crippen molar-refractivity contribution in [2.75, 3.05) is 4.90 Å². The van der Waals surface area contributed by atoms with E-state index in [1.54, 1.807) is 0 Å². The van der Waals surface area contributed by atoms with Gasteiger partial charge in [0.05, 0.1) is 22.4 Å². The number of rotatable bonds is 6. The molecule has 0 atom stereocenters. The molecule has 0 saturated heterocycles. The first kappa shape index (κ1) is 33.2. The molecule has 0 aliphatic carbocycles. The zero-order chi connectivity index (χ0) is 38.2. The molecule has 0 spiro atoms. The monoisotopic (exact) mass is 774 g/mol. The van der Waals surface area contributed by atoms with Crippen LogP contribution in [0.2, 0.25) is 0 Å². The van der Waals surface area contributed by atoms with Crippen LogP contribution in [0.15, 0.2) is 206 Å². The number of aromatic nitrogens is 1. The first-order chi connectivity index (χ1) is 28.8. The van der Waals surface area contributed by atoms with Gasteiger partial charge in [-0.3, -0.25) is 0 Å². The normalized spacial score (nSPS) is 11.8. The number of thiophene rings is 2. The van der Waals surface area contributed by atoms with Crippen molar-refractivity contribution in [1.29, 1.82) is 0 Å². The Labute approximate surface area is 343 Å². The van der Waals surface area contributed by atoms with Crippen LogP contribution in [0.25, 0.3) is 90.1 Å². The van der Waals surface area contributed by atoms with Gasteiger partial charge in [-0.25, -0.2) is 0 Å². The Morgan fingerprint density at radius 1 is 0.362 bits per heavy atom. The maximum atomic E-state index is 2.55. The van der Waals surface area contributed by atoms with E-state index in [-0.39, 0.29) is 0 Å². The van der Waals surface area contributed by atoms with Gasteiger partial charge in [-0.1, -0.05) is 140 Å². The van der Waals surface area contributed by atoms with Crippen LogP contribution in [0.1, 0.15) is 0 Å². The molecule has 0 fully saturated rings. The Bertz CT molecular complexity index is 3500. The third kappa shape index (κ3) is 5.16. The van der Waals surface area contributed by atoms with Crippen molar-refractivity contribution in [2.24, 2.45) is 0 Å². The second kappa shape index (κ2) is 13.3. The maximum Gasteiger partial charge on any atom is 0.0562 e. The smallest absolute Gasteiger partial charge is 0.0562 e. The Hall–Kier alpha value is -6.98. The van der Waals surface area contributed by atoms with Crippen LogP contribution in [0.3, 0.4) is 0 Å². The van der Waals surface area contributed by atoms with Crippen molar-refractivity contribution in [3.8, 4) is 27.9 Å². The average Bonchev–Trinajstić information content (AvgIpc) is 3.97. The Morgan fingerprint density at radius 3 is 1.86 bits per heavy atom. The lowest BCUT2D eigenvalue weighted by Gasteiger charge is -2.28. The highest BCUT2D eigenvalue weighted by molar-refractivity contribution is 7.26. The average molecular weight is 775 g/mol. The topological polar surface area (TPSA) is 8.17 Å². The molecular formula is C54H34N2S2. The number of hydrogen-bond donors (Lipinski definition) is 0. The number of hydrogen-bond acceptors (Lipinski definition) is 3. The minimum atomic E-state index is 1.13. The predicted octanol–water partition coefficient (Wildman–Crippen LogP) is 16.3. The van der Waals surface area contributed by atoms with E-state index in [0.29, 0.717) is 0 Å². The van der Waals surface area contributed by atoms with Crippen LogP contribution in [-0.2, 0) is 0 Å². The van der Waals surface area contributed by atoms with Crippen molar-refractivity contribution >= 4 is 102 Å². The van der Waals surface area contributed by atoms with Gasteiger partial charge in [-0.15, -0.1) is 22.7 Å². The van der Waals surface area contributed by atoms with E-state index >= 15 is 0 Å². The fourth-order valence-electron chi connectivity index (χ4n) is 9.01. The first-order valence-electron chi connectivity index (χ1n) is 19.7. The lowest BCUT2D eigenvalue weighted by molar-refractivity contribution is 1.18. The second-order valence-electron chi connectivity index (χ2n) is 14.9. The van der Waals surface area contributed by atoms with E-state index < -0.39 is 0 Å². The van der Waals surface area contributed by atoms with E-state index in [9.17, 15) is 0 Å². The summed E-state index contributed by atoms with van der Waals surface area (Å²) in [5.41, 5.74) is 11.9. The molecule has 0 unspecified atom stereocenters. The fraction of sp³-hybridized carbons (Fsp3) is 0. The summed E-state index contributed by atoms with van der Waals surface area (Å²) in [6.07, 6.45) is 0. The van der Waals surface area contributed by atoms with Gasteiger partial charge in [0.25, 0.3) is 0 Å². The van der Waals surface area contributed by atoms with Crippen molar-refractivity contribution in [3.05, 3.63) is 206 Å². The number of fused-ring (bicyclic) bond motifs is 9. The van der Waals surface area contributed by atoms with Crippen molar-refractivity contribution < 1.29 is 0 Å². The molecule has 9 aromatic carbocycles. The number of nitrogens with zero attached hydrogens (tertiary/aromatic N) is 2. The summed E-state index contributed by atoms with van der Waals surface area (Å²) < 4.78 is 7.58. The van der Waals surface area contributed by atoms with Gasteiger partial charge in [0.1, 0.15) is 0 Å². The highest BCUT2D eigenvalue weighted by Crippen LogP contribution is 2.51. The van der Waals surface area contributed by atoms with E-state index in [1.165, 1.54) is 84.4 Å². The van der Waals surface area contributed by atoms with Crippen LogP contribution in [0, 0.1) is 0 Å². The standard InChI is InChI=1S/C54H34N2S2/c1-4-15-35(16-5-1)37-27-29-43-51(33-37)58-54-40(36-17-6-2-7-18-36)30-31-48(53(43)54)56(39-28-32-50-44(34-39)41-21-11-13-26-49(41)57-50)47-25-14-24-46-52(47)42-22-10-12-23-45(42)55(46)38-19-8-3-9-20-38/h1-34H. The minimum Gasteiger partial charge on any atom is -0.309 e. The molecule has 0 radical (unpaired) electrons. The Balaban J connectivity index is 1.21. The number of anilines is 3. The predicted molar refractivity (Wildman–Crippen MR) is 252 cm³/mol. The van der Waals surface area contributed by atoms with Gasteiger partial charge >= 0.3 is 0 Å². The highest BCUT2D eigenvalue weighted by atomic mass is 32.1. The van der Waals surface area contributed by atoms with E-state index in [1.807, 2.05) is 22.7 Å². The van der Waals surface area contributed by atoms with Crippen molar-refractivity contribution in [3.63, 3.8) is 0 Å². The summed E-state index contributed by atoms with van der Waals surface area (Å²) in [6, 6.07) is 75.7. The molecule has 0 bridgehead atoms. The van der Waals surface area contributed by atoms with Gasteiger partial charge < -0.3 is 9.47 Å². The van der Waals surface area contributed by atoms with Crippen LogP contribution in [-0.4, -0.2) is 4.57 Å². The first-order valence-corrected chi connectivity index (χ1v) is 21.3. The third-order valence-corrected chi connectivity index (χ3v) is 13.9. The molecule has 58 heavy (non-hydrogen) atoms. The molecule has 0 aliphatic heterocycles. The molecule has 4 heteroatoms. The number of para-hydroxylation sites is 2. The van der Waals surface area contributed by atoms with E-state index in [4.69, 9.17) is 0 Å². The lowest BCUT2D eigenvalue weighted by atomic mass is 9.98. The summed E-state index contributed by atoms with van der Waals surface area (Å²) >= 11 is 3.76. The van der Waals surface area contributed by atoms with E-state index in [0.717, 1.165) is 22.7 Å². The summed E-state index contributed by atoms with van der Waals surface area (Å²) in [5.74, 6) is 0. The van der Waals surface area contributed by atoms with Crippen LogP contribution >= 0.6 is 22.7 Å². The van der Waals surface area contributed by atoms with Crippen LogP contribution in [0.5, 0.6) is 0 Å². The second-order valence-corrected chi connectivity index (χ2v) is 17.0. The summed E-state index contributed by atoms with van der Waals surface area (Å²) in [6.45, 7) is 0. The van der Waals surface area contributed by atoms with Gasteiger partial charge in [0.2, 0.25) is 0 Å². The molecule has 0 aliphatic rings. The summed E-state index contributed by atoms with van der Waals surface area (Å²) in [5, 5.41) is 7.55. The molecule has 0 amide bonds. The van der Waals surface area contributed by atoms with Crippen LogP contribution in [0.4, 0.5) is 17.1 Å². The fourth-order valence-corrected chi connectivity index (χ4v) is 11.4. The quantitative estimate of drug-likeness (QED) is 0.163. The summed E-state index contributed by atoms with van der Waals surface area (Å²) in [4.78, 5) is 2.55. The zero-order valence-corrected chi connectivity index (χ0v) is 33.0. The Kier molecular flexibility index (Phi) is 7.62. The molecule has 2 nitrogen and oxygen atoms in total. The van der Waals surface area contributed by atoms with Crippen molar-refractivity contribution in [1.82, 2.24) is 4.57 Å². The minimum absolute atomic E-state index is 1.13. The van der Waals surface area contributed by atoms with Crippen LogP contribution < -0.4 is 4.90 Å².